The summed E-state index contributed by atoms with van der Waals surface area (Å²) in [5.41, 5.74) is 1.43. The van der Waals surface area contributed by atoms with Gasteiger partial charge in [0, 0.05) is 24.7 Å². The monoisotopic (exact) mass is 463 g/mol. The number of carbonyl (C=O) groups is 1. The molecule has 1 aliphatic heterocycles. The molecule has 0 amide bonds. The highest BCUT2D eigenvalue weighted by Gasteiger charge is 2.33. The number of nitrogens with zero attached hydrogens (tertiary/aromatic N) is 1. The Morgan fingerprint density at radius 3 is 2.62 bits per heavy atom. The Labute approximate surface area is 188 Å². The van der Waals surface area contributed by atoms with Crippen LogP contribution in [0.3, 0.4) is 0 Å². The zero-order chi connectivity index (χ0) is 23.1. The van der Waals surface area contributed by atoms with E-state index in [9.17, 15) is 18.3 Å². The van der Waals surface area contributed by atoms with E-state index in [2.05, 4.69) is 0 Å². The second-order valence-electron chi connectivity index (χ2n) is 7.83. The van der Waals surface area contributed by atoms with Gasteiger partial charge < -0.3 is 19.3 Å². The smallest absolute Gasteiger partial charge is 0.161 e. The fourth-order valence-corrected chi connectivity index (χ4v) is 5.56. The molecule has 2 aromatic rings. The van der Waals surface area contributed by atoms with Gasteiger partial charge in [-0.25, -0.2) is 8.42 Å². The van der Waals surface area contributed by atoms with Crippen LogP contribution in [-0.4, -0.2) is 75.7 Å². The summed E-state index contributed by atoms with van der Waals surface area (Å²) in [6.07, 6.45) is 0.382. The zero-order valence-corrected chi connectivity index (χ0v) is 19.1. The Morgan fingerprint density at radius 2 is 1.97 bits per heavy atom. The summed E-state index contributed by atoms with van der Waals surface area (Å²) < 4.78 is 40.4. The van der Waals surface area contributed by atoms with Crippen LogP contribution in [0.2, 0.25) is 0 Å². The first-order valence-electron chi connectivity index (χ1n) is 10.3. The number of ether oxygens (including phenoxy) is 3. The summed E-state index contributed by atoms with van der Waals surface area (Å²) in [5, 5.41) is 10.7. The first-order chi connectivity index (χ1) is 15.3. The molecule has 0 aromatic heterocycles. The minimum atomic E-state index is -3.08. The Bertz CT molecular complexity index is 1020. The number of aliphatic hydroxyl groups excluding tert-OH is 1. The Morgan fingerprint density at radius 1 is 1.16 bits per heavy atom. The summed E-state index contributed by atoms with van der Waals surface area (Å²) in [4.78, 5) is 12.9. The quantitative estimate of drug-likeness (QED) is 0.505. The van der Waals surface area contributed by atoms with Crippen molar-refractivity contribution in [3.05, 3.63) is 53.6 Å². The first kappa shape index (κ1) is 24.0. The van der Waals surface area contributed by atoms with Crippen LogP contribution in [0.15, 0.2) is 42.5 Å². The zero-order valence-electron chi connectivity index (χ0n) is 18.3. The van der Waals surface area contributed by atoms with Gasteiger partial charge in [-0.05, 0) is 42.3 Å². The molecule has 0 bridgehead atoms. The molecule has 0 radical (unpaired) electrons. The second kappa shape index (κ2) is 10.8. The predicted molar refractivity (Wildman–Crippen MR) is 120 cm³/mol. The third-order valence-corrected chi connectivity index (χ3v) is 7.20. The summed E-state index contributed by atoms with van der Waals surface area (Å²) in [7, 11) is -0.00609. The molecular formula is C23H29NO7S. The minimum Gasteiger partial charge on any atom is -0.497 e. The molecule has 1 saturated heterocycles. The van der Waals surface area contributed by atoms with Gasteiger partial charge in [0.05, 0.1) is 25.7 Å². The van der Waals surface area contributed by atoms with E-state index in [4.69, 9.17) is 14.2 Å². The second-order valence-corrected chi connectivity index (χ2v) is 10.1. The minimum absolute atomic E-state index is 0.00905. The molecule has 0 aliphatic carbocycles. The molecule has 2 atom stereocenters. The Balaban J connectivity index is 1.69. The average molecular weight is 464 g/mol. The highest BCUT2D eigenvalue weighted by atomic mass is 32.2. The molecule has 2 aromatic carbocycles. The van der Waals surface area contributed by atoms with E-state index in [1.54, 1.807) is 25.3 Å². The van der Waals surface area contributed by atoms with E-state index in [1.165, 1.54) is 7.11 Å². The van der Waals surface area contributed by atoms with E-state index in [-0.39, 0.29) is 30.7 Å². The van der Waals surface area contributed by atoms with Gasteiger partial charge in [0.1, 0.15) is 24.7 Å². The molecule has 174 valence electrons. The van der Waals surface area contributed by atoms with Gasteiger partial charge in [0.2, 0.25) is 0 Å². The molecule has 9 heteroatoms. The SMILES string of the molecule is COc1cccc(CN(CC(O)COc2ccc(C=O)cc2OC)C2CCS(=O)(=O)C2)c1. The maximum Gasteiger partial charge on any atom is 0.161 e. The number of carbonyl (C=O) groups excluding carboxylic acids is 1. The standard InChI is InChI=1S/C23H29NO7S/c1-29-21-5-3-4-17(10-21)12-24(19-8-9-32(27,28)16-19)13-20(26)15-31-22-7-6-18(14-25)11-23(22)30-2/h3-7,10-11,14,19-20,26H,8-9,12-13,15-16H2,1-2H3. The van der Waals surface area contributed by atoms with Crippen LogP contribution in [-0.2, 0) is 16.4 Å². The van der Waals surface area contributed by atoms with Gasteiger partial charge in [-0.15, -0.1) is 0 Å². The highest BCUT2D eigenvalue weighted by Crippen LogP contribution is 2.28. The van der Waals surface area contributed by atoms with E-state index < -0.39 is 15.9 Å². The van der Waals surface area contributed by atoms with Crippen LogP contribution in [0.1, 0.15) is 22.3 Å². The summed E-state index contributed by atoms with van der Waals surface area (Å²) in [6, 6.07) is 12.2. The van der Waals surface area contributed by atoms with E-state index >= 15 is 0 Å². The number of methoxy groups -OCH3 is 2. The third-order valence-electron chi connectivity index (χ3n) is 5.44. The van der Waals surface area contributed by atoms with E-state index in [0.29, 0.717) is 36.3 Å². The first-order valence-corrected chi connectivity index (χ1v) is 12.2. The lowest BCUT2D eigenvalue weighted by atomic mass is 10.1. The number of aliphatic hydroxyl groups is 1. The largest absolute Gasteiger partial charge is 0.497 e. The summed E-state index contributed by atoms with van der Waals surface area (Å²) >= 11 is 0. The molecule has 2 unspecified atom stereocenters. The fraction of sp³-hybridized carbons (Fsp3) is 0.435. The van der Waals surface area contributed by atoms with Crippen LogP contribution in [0.4, 0.5) is 0 Å². The van der Waals surface area contributed by atoms with Crippen molar-refractivity contribution in [1.29, 1.82) is 0 Å². The van der Waals surface area contributed by atoms with E-state index in [1.807, 2.05) is 29.2 Å². The molecule has 0 saturated carbocycles. The van der Waals surface area contributed by atoms with Crippen LogP contribution >= 0.6 is 0 Å². The summed E-state index contributed by atoms with van der Waals surface area (Å²) in [5.74, 6) is 1.76. The van der Waals surface area contributed by atoms with Gasteiger partial charge >= 0.3 is 0 Å². The topological polar surface area (TPSA) is 102 Å². The van der Waals surface area contributed by atoms with E-state index in [0.717, 1.165) is 11.3 Å². The Hall–Kier alpha value is -2.62. The normalized spacial score (nSPS) is 18.3. The molecule has 1 N–H and O–H groups in total. The van der Waals surface area contributed by atoms with Crippen molar-refractivity contribution < 1.29 is 32.5 Å². The summed E-state index contributed by atoms with van der Waals surface area (Å²) in [6.45, 7) is 0.711. The molecule has 1 heterocycles. The van der Waals surface area contributed by atoms with Gasteiger partial charge in [0.15, 0.2) is 21.3 Å². The molecular weight excluding hydrogens is 434 g/mol. The maximum atomic E-state index is 12.0. The van der Waals surface area contributed by atoms with Crippen molar-refractivity contribution >= 4 is 16.1 Å². The third kappa shape index (κ3) is 6.44. The van der Waals surface area contributed by atoms with Crippen molar-refractivity contribution in [2.45, 2.75) is 25.1 Å². The number of aldehydes is 1. The van der Waals surface area contributed by atoms with Crippen molar-refractivity contribution in [3.8, 4) is 17.2 Å². The van der Waals surface area contributed by atoms with Crippen molar-refractivity contribution in [3.63, 3.8) is 0 Å². The molecule has 1 fully saturated rings. The van der Waals surface area contributed by atoms with Gasteiger partial charge in [-0.3, -0.25) is 9.69 Å². The van der Waals surface area contributed by atoms with Crippen molar-refractivity contribution in [1.82, 2.24) is 4.90 Å². The molecule has 32 heavy (non-hydrogen) atoms. The molecule has 3 rings (SSSR count). The van der Waals surface area contributed by atoms with Gasteiger partial charge in [0.25, 0.3) is 0 Å². The van der Waals surface area contributed by atoms with Crippen molar-refractivity contribution in [2.75, 3.05) is 38.9 Å². The Kier molecular flexibility index (Phi) is 8.11. The number of hydrogen-bond acceptors (Lipinski definition) is 8. The lowest BCUT2D eigenvalue weighted by Gasteiger charge is -2.30. The molecule has 0 spiro atoms. The maximum absolute atomic E-state index is 12.0. The lowest BCUT2D eigenvalue weighted by molar-refractivity contribution is 0.0517. The molecule has 1 aliphatic rings. The highest BCUT2D eigenvalue weighted by molar-refractivity contribution is 7.91. The lowest BCUT2D eigenvalue weighted by Crippen LogP contribution is -2.42. The number of rotatable bonds is 11. The van der Waals surface area contributed by atoms with Crippen molar-refractivity contribution in [2.24, 2.45) is 0 Å². The van der Waals surface area contributed by atoms with Gasteiger partial charge in [-0.2, -0.15) is 0 Å². The van der Waals surface area contributed by atoms with Crippen LogP contribution < -0.4 is 14.2 Å². The van der Waals surface area contributed by atoms with Crippen LogP contribution in [0, 0.1) is 0 Å². The predicted octanol–water partition coefficient (Wildman–Crippen LogP) is 1.95. The fourth-order valence-electron chi connectivity index (χ4n) is 3.80. The molecule has 8 nitrogen and oxygen atoms in total. The number of benzene rings is 2. The van der Waals surface area contributed by atoms with Crippen LogP contribution in [0.25, 0.3) is 0 Å². The average Bonchev–Trinajstić information content (AvgIpc) is 3.16. The van der Waals surface area contributed by atoms with Gasteiger partial charge in [-0.1, -0.05) is 12.1 Å². The van der Waals surface area contributed by atoms with Crippen LogP contribution in [0.5, 0.6) is 17.2 Å². The number of sulfone groups is 1. The number of hydrogen-bond donors (Lipinski definition) is 1.